The minimum atomic E-state index is -4.00. The van der Waals surface area contributed by atoms with Gasteiger partial charge in [-0.25, -0.2) is 9.03 Å². The number of nitrogens with one attached hydrogen (secondary N) is 2. The van der Waals surface area contributed by atoms with Gasteiger partial charge in [-0.1, -0.05) is 18.2 Å². The van der Waals surface area contributed by atoms with Gasteiger partial charge in [0, 0.05) is 13.0 Å². The highest BCUT2D eigenvalue weighted by atomic mass is 32.2. The molecule has 2 aromatic carbocycles. The summed E-state index contributed by atoms with van der Waals surface area (Å²) >= 11 is 0. The van der Waals surface area contributed by atoms with Crippen LogP contribution in [0.5, 0.6) is 17.2 Å². The predicted molar refractivity (Wildman–Crippen MR) is 117 cm³/mol. The van der Waals surface area contributed by atoms with Crippen LogP contribution >= 0.6 is 0 Å². The number of benzene rings is 2. The number of anilines is 1. The molecule has 4 N–H and O–H groups in total. The first-order valence-corrected chi connectivity index (χ1v) is 11.5. The predicted octanol–water partition coefficient (Wildman–Crippen LogP) is 1.19. The van der Waals surface area contributed by atoms with E-state index in [1.165, 1.54) is 12.1 Å². The molecule has 0 aromatic heterocycles. The molecule has 11 heteroatoms. The van der Waals surface area contributed by atoms with Crippen molar-refractivity contribution in [3.05, 3.63) is 48.0 Å². The third kappa shape index (κ3) is 6.03. The number of aromatic hydroxyl groups is 2. The molecule has 1 saturated heterocycles. The summed E-state index contributed by atoms with van der Waals surface area (Å²) in [7, 11) is -4.00. The molecule has 32 heavy (non-hydrogen) atoms. The summed E-state index contributed by atoms with van der Waals surface area (Å²) in [5.74, 6) is -0.586. The number of phenols is 2. The molecule has 1 heterocycles. The molecule has 172 valence electrons. The van der Waals surface area contributed by atoms with Crippen LogP contribution in [0.2, 0.25) is 0 Å². The third-order valence-electron chi connectivity index (χ3n) is 4.79. The summed E-state index contributed by atoms with van der Waals surface area (Å²) < 4.78 is 31.9. The fourth-order valence-corrected chi connectivity index (χ4v) is 4.32. The highest BCUT2D eigenvalue weighted by Gasteiger charge is 2.35. The normalized spacial score (nSPS) is 14.8. The van der Waals surface area contributed by atoms with Crippen molar-refractivity contribution in [3.8, 4) is 17.2 Å². The Hall–Kier alpha value is -3.47. The van der Waals surface area contributed by atoms with Crippen molar-refractivity contribution in [1.82, 2.24) is 10.0 Å². The zero-order valence-corrected chi connectivity index (χ0v) is 18.1. The van der Waals surface area contributed by atoms with Gasteiger partial charge in [0.1, 0.15) is 12.3 Å². The molecule has 10 nitrogen and oxygen atoms in total. The first-order valence-electron chi connectivity index (χ1n) is 10.1. The van der Waals surface area contributed by atoms with Gasteiger partial charge < -0.3 is 20.3 Å². The van der Waals surface area contributed by atoms with Gasteiger partial charge in [-0.2, -0.15) is 8.42 Å². The standard InChI is InChI=1S/C21H25N3O7S/c25-17-5-1-2-6-19(17)31-12-4-3-11-22-20(27)10-8-15-7-9-16(18(26)13-15)24-14-21(28)23-32(24,29)30/h1-2,5-7,9,13,25-26H,3-4,8,10-12,14H2,(H,22,27)(H,23,28). The maximum absolute atomic E-state index is 12.0. The van der Waals surface area contributed by atoms with Crippen LogP contribution in [0.15, 0.2) is 42.5 Å². The molecule has 0 spiro atoms. The van der Waals surface area contributed by atoms with Gasteiger partial charge >= 0.3 is 10.2 Å². The van der Waals surface area contributed by atoms with E-state index in [0.717, 1.165) is 4.31 Å². The van der Waals surface area contributed by atoms with E-state index in [0.29, 0.717) is 43.7 Å². The maximum atomic E-state index is 12.0. The number of carbonyl (C=O) groups excluding carboxylic acids is 2. The van der Waals surface area contributed by atoms with Crippen LogP contribution in [-0.4, -0.2) is 50.1 Å². The van der Waals surface area contributed by atoms with Crippen LogP contribution in [-0.2, 0) is 26.2 Å². The monoisotopic (exact) mass is 463 g/mol. The van der Waals surface area contributed by atoms with Crippen molar-refractivity contribution >= 4 is 27.7 Å². The largest absolute Gasteiger partial charge is 0.506 e. The highest BCUT2D eigenvalue weighted by molar-refractivity contribution is 7.92. The van der Waals surface area contributed by atoms with Crippen molar-refractivity contribution < 1.29 is 33.0 Å². The number of aryl methyl sites for hydroxylation is 1. The number of carbonyl (C=O) groups is 2. The van der Waals surface area contributed by atoms with E-state index in [-0.39, 0.29) is 29.5 Å². The van der Waals surface area contributed by atoms with Gasteiger partial charge in [0.05, 0.1) is 12.3 Å². The number of rotatable bonds is 10. The van der Waals surface area contributed by atoms with Gasteiger partial charge in [0.15, 0.2) is 11.5 Å². The summed E-state index contributed by atoms with van der Waals surface area (Å²) in [6.45, 7) is 0.517. The lowest BCUT2D eigenvalue weighted by Crippen LogP contribution is -2.29. The first kappa shape index (κ1) is 23.2. The van der Waals surface area contributed by atoms with Crippen molar-refractivity contribution in [3.63, 3.8) is 0 Å². The summed E-state index contributed by atoms with van der Waals surface area (Å²) in [4.78, 5) is 23.4. The molecule has 1 aliphatic rings. The summed E-state index contributed by atoms with van der Waals surface area (Å²) in [6.07, 6.45) is 1.99. The Morgan fingerprint density at radius 1 is 1.12 bits per heavy atom. The number of amides is 2. The highest BCUT2D eigenvalue weighted by Crippen LogP contribution is 2.31. The van der Waals surface area contributed by atoms with E-state index in [9.17, 15) is 28.2 Å². The maximum Gasteiger partial charge on any atom is 0.326 e. The molecule has 2 aromatic rings. The molecular weight excluding hydrogens is 438 g/mol. The summed E-state index contributed by atoms with van der Waals surface area (Å²) in [5.41, 5.74) is 0.663. The van der Waals surface area contributed by atoms with E-state index < -0.39 is 22.7 Å². The second-order valence-electron chi connectivity index (χ2n) is 7.23. The van der Waals surface area contributed by atoms with Crippen molar-refractivity contribution in [2.75, 3.05) is 24.0 Å². The van der Waals surface area contributed by atoms with Crippen LogP contribution in [0, 0.1) is 0 Å². The zero-order valence-electron chi connectivity index (χ0n) is 17.3. The first-order chi connectivity index (χ1) is 15.3. The lowest BCUT2D eigenvalue weighted by molar-refractivity contribution is -0.121. The second kappa shape index (κ2) is 10.2. The Kier molecular flexibility index (Phi) is 7.41. The van der Waals surface area contributed by atoms with Crippen LogP contribution in [0.3, 0.4) is 0 Å². The average molecular weight is 464 g/mol. The lowest BCUT2D eigenvalue weighted by atomic mass is 10.1. The molecule has 0 aliphatic carbocycles. The third-order valence-corrected chi connectivity index (χ3v) is 6.18. The molecule has 2 amide bonds. The number of ether oxygens (including phenoxy) is 1. The van der Waals surface area contributed by atoms with Crippen LogP contribution < -0.4 is 19.1 Å². The second-order valence-corrected chi connectivity index (χ2v) is 8.83. The van der Waals surface area contributed by atoms with E-state index in [4.69, 9.17) is 4.74 Å². The van der Waals surface area contributed by atoms with Crippen LogP contribution in [0.4, 0.5) is 5.69 Å². The molecule has 0 saturated carbocycles. The molecule has 0 bridgehead atoms. The molecule has 0 radical (unpaired) electrons. The molecular formula is C21H25N3O7S. The van der Waals surface area contributed by atoms with Gasteiger partial charge in [-0.15, -0.1) is 0 Å². The fourth-order valence-electron chi connectivity index (χ4n) is 3.16. The van der Waals surface area contributed by atoms with Crippen molar-refractivity contribution in [1.29, 1.82) is 0 Å². The number of hydrogen-bond donors (Lipinski definition) is 4. The van der Waals surface area contributed by atoms with E-state index in [2.05, 4.69) is 5.32 Å². The Labute approximate surface area is 186 Å². The van der Waals surface area contributed by atoms with E-state index >= 15 is 0 Å². The quantitative estimate of drug-likeness (QED) is 0.387. The minimum Gasteiger partial charge on any atom is -0.506 e. The Balaban J connectivity index is 1.37. The molecule has 0 atom stereocenters. The Bertz CT molecular complexity index is 1090. The number of nitrogens with zero attached hydrogens (tertiary/aromatic N) is 1. The molecule has 1 fully saturated rings. The van der Waals surface area contributed by atoms with E-state index in [1.54, 1.807) is 30.3 Å². The van der Waals surface area contributed by atoms with Crippen LogP contribution in [0.25, 0.3) is 0 Å². The molecule has 3 rings (SSSR count). The van der Waals surface area contributed by atoms with Gasteiger partial charge in [0.2, 0.25) is 5.91 Å². The van der Waals surface area contributed by atoms with Gasteiger partial charge in [0.25, 0.3) is 5.91 Å². The lowest BCUT2D eigenvalue weighted by Gasteiger charge is -2.16. The molecule has 0 unspecified atom stereocenters. The topological polar surface area (TPSA) is 145 Å². The summed E-state index contributed by atoms with van der Waals surface area (Å²) in [6, 6.07) is 11.1. The van der Waals surface area contributed by atoms with Gasteiger partial charge in [-0.05, 0) is 49.1 Å². The average Bonchev–Trinajstić information content (AvgIpc) is 3.02. The number of unbranched alkanes of at least 4 members (excludes halogenated alkanes) is 1. The minimum absolute atomic E-state index is 0.00240. The Morgan fingerprint density at radius 3 is 2.59 bits per heavy atom. The Morgan fingerprint density at radius 2 is 1.91 bits per heavy atom. The SMILES string of the molecule is O=C(CCc1ccc(N2CC(=O)NS2(=O)=O)c(O)c1)NCCCCOc1ccccc1O. The zero-order chi connectivity index (χ0) is 23.1. The van der Waals surface area contributed by atoms with Crippen molar-refractivity contribution in [2.45, 2.75) is 25.7 Å². The number of hydrogen-bond acceptors (Lipinski definition) is 7. The molecule has 1 aliphatic heterocycles. The van der Waals surface area contributed by atoms with Crippen LogP contribution in [0.1, 0.15) is 24.8 Å². The number of para-hydroxylation sites is 2. The smallest absolute Gasteiger partial charge is 0.326 e. The number of phenolic OH excluding ortho intramolecular Hbond substituents is 2. The van der Waals surface area contributed by atoms with Crippen molar-refractivity contribution in [2.24, 2.45) is 0 Å². The van der Waals surface area contributed by atoms with E-state index in [1.807, 2.05) is 4.72 Å². The fraction of sp³-hybridized carbons (Fsp3) is 0.333. The summed E-state index contributed by atoms with van der Waals surface area (Å²) in [5, 5.41) is 22.6. The van der Waals surface area contributed by atoms with Gasteiger partial charge in [-0.3, -0.25) is 9.59 Å².